The summed E-state index contributed by atoms with van der Waals surface area (Å²) in [6, 6.07) is 21.4. The third-order valence-corrected chi connectivity index (χ3v) is 6.84. The van der Waals surface area contributed by atoms with Gasteiger partial charge in [0.05, 0.1) is 16.7 Å². The smallest absolute Gasteiger partial charge is 0.159 e. The average molecular weight is 452 g/mol. The van der Waals surface area contributed by atoms with Crippen LogP contribution in [0.1, 0.15) is 0 Å². The van der Waals surface area contributed by atoms with Gasteiger partial charge in [-0.3, -0.25) is 5.10 Å². The predicted octanol–water partition coefficient (Wildman–Crippen LogP) is 4.59. The Kier molecular flexibility index (Phi) is 4.99. The molecule has 2 N–H and O–H groups in total. The highest BCUT2D eigenvalue weighted by Gasteiger charge is 2.20. The highest BCUT2D eigenvalue weighted by molar-refractivity contribution is 5.97. The molecule has 1 aliphatic rings. The lowest BCUT2D eigenvalue weighted by atomic mass is 10.0. The van der Waals surface area contributed by atoms with Crippen molar-refractivity contribution in [1.82, 2.24) is 25.1 Å². The van der Waals surface area contributed by atoms with Crippen LogP contribution >= 0.6 is 0 Å². The van der Waals surface area contributed by atoms with Crippen LogP contribution in [0.3, 0.4) is 0 Å². The van der Waals surface area contributed by atoms with Crippen molar-refractivity contribution in [2.45, 2.75) is 0 Å². The Morgan fingerprint density at radius 3 is 2.38 bits per heavy atom. The molecule has 3 heterocycles. The third-order valence-electron chi connectivity index (χ3n) is 6.84. The maximum absolute atomic E-state index is 5.01. The molecule has 0 bridgehead atoms. The molecule has 7 nitrogen and oxygen atoms in total. The first-order chi connectivity index (χ1) is 16.6. The van der Waals surface area contributed by atoms with Crippen molar-refractivity contribution in [2.75, 3.05) is 57.1 Å². The third kappa shape index (κ3) is 3.58. The fraction of sp³-hybridized carbons (Fsp3) is 0.259. The number of nitrogens with zero attached hydrogens (tertiary/aromatic N) is 5. The van der Waals surface area contributed by atoms with E-state index < -0.39 is 0 Å². The van der Waals surface area contributed by atoms with E-state index >= 15 is 0 Å². The first-order valence-corrected chi connectivity index (χ1v) is 11.8. The number of fused-ring (bicyclic) bond motifs is 2. The summed E-state index contributed by atoms with van der Waals surface area (Å²) in [4.78, 5) is 15.4. The van der Waals surface area contributed by atoms with Crippen molar-refractivity contribution in [3.8, 4) is 22.6 Å². The Bertz CT molecular complexity index is 1450. The zero-order chi connectivity index (χ0) is 23.2. The van der Waals surface area contributed by atoms with E-state index in [9.17, 15) is 0 Å². The molecule has 2 aromatic heterocycles. The molecule has 0 atom stereocenters. The Balaban J connectivity index is 1.35. The summed E-state index contributed by atoms with van der Waals surface area (Å²) in [7, 11) is 6.29. The van der Waals surface area contributed by atoms with Gasteiger partial charge in [-0.25, -0.2) is 4.98 Å². The Hall–Kier alpha value is -3.84. The molecule has 34 heavy (non-hydrogen) atoms. The highest BCUT2D eigenvalue weighted by atomic mass is 15.3. The Morgan fingerprint density at radius 1 is 0.853 bits per heavy atom. The summed E-state index contributed by atoms with van der Waals surface area (Å²) in [5.41, 5.74) is 8.63. The van der Waals surface area contributed by atoms with Gasteiger partial charge in [-0.15, -0.1) is 0 Å². The number of aromatic nitrogens is 4. The van der Waals surface area contributed by atoms with Gasteiger partial charge in [-0.1, -0.05) is 24.3 Å². The fourth-order valence-electron chi connectivity index (χ4n) is 4.76. The van der Waals surface area contributed by atoms with Gasteiger partial charge in [0.1, 0.15) is 11.2 Å². The summed E-state index contributed by atoms with van der Waals surface area (Å²) in [5, 5.41) is 8.92. The standard InChI is InChI=1S/C27H29N7/c1-32(2)20-10-7-18(8-11-20)19-9-12-21-23(17-19)30-31-25(21)27-28-22-5-4-6-24(26(22)29-27)34-15-13-33(3)14-16-34/h4-12,17H,13-16H2,1-3H3,(H,28,29)(H,30,31). The van der Waals surface area contributed by atoms with E-state index in [4.69, 9.17) is 4.98 Å². The second-order valence-corrected chi connectivity index (χ2v) is 9.32. The molecule has 7 heteroatoms. The number of likely N-dealkylation sites (N-methyl/N-ethyl adjacent to an activating group) is 1. The van der Waals surface area contributed by atoms with Crippen LogP contribution in [0, 0.1) is 0 Å². The summed E-state index contributed by atoms with van der Waals surface area (Å²) in [6.07, 6.45) is 0. The van der Waals surface area contributed by atoms with Crippen molar-refractivity contribution in [2.24, 2.45) is 0 Å². The fourth-order valence-corrected chi connectivity index (χ4v) is 4.76. The van der Waals surface area contributed by atoms with Gasteiger partial charge >= 0.3 is 0 Å². The van der Waals surface area contributed by atoms with Crippen molar-refractivity contribution in [3.63, 3.8) is 0 Å². The van der Waals surface area contributed by atoms with Gasteiger partial charge in [0.15, 0.2) is 5.82 Å². The van der Waals surface area contributed by atoms with Crippen LogP contribution in [0.4, 0.5) is 11.4 Å². The molecule has 6 rings (SSSR count). The molecule has 1 aliphatic heterocycles. The van der Waals surface area contributed by atoms with E-state index in [1.54, 1.807) is 0 Å². The average Bonchev–Trinajstić information content (AvgIpc) is 3.48. The Morgan fingerprint density at radius 2 is 1.62 bits per heavy atom. The number of rotatable bonds is 4. The second kappa shape index (κ2) is 8.18. The number of piperazine rings is 1. The van der Waals surface area contributed by atoms with Gasteiger partial charge in [0.2, 0.25) is 0 Å². The monoisotopic (exact) mass is 451 g/mol. The number of aromatic amines is 2. The number of H-pyrrole nitrogens is 2. The van der Waals surface area contributed by atoms with E-state index in [1.807, 2.05) is 0 Å². The molecule has 0 radical (unpaired) electrons. The molecule has 1 saturated heterocycles. The van der Waals surface area contributed by atoms with Crippen LogP contribution in [0.5, 0.6) is 0 Å². The number of benzene rings is 3. The first-order valence-electron chi connectivity index (χ1n) is 11.8. The van der Waals surface area contributed by atoms with Gasteiger partial charge in [0, 0.05) is 51.3 Å². The highest BCUT2D eigenvalue weighted by Crippen LogP contribution is 2.33. The largest absolute Gasteiger partial charge is 0.378 e. The molecule has 3 aromatic carbocycles. The lowest BCUT2D eigenvalue weighted by Gasteiger charge is -2.34. The predicted molar refractivity (Wildman–Crippen MR) is 141 cm³/mol. The van der Waals surface area contributed by atoms with E-state index in [-0.39, 0.29) is 0 Å². The normalized spacial score (nSPS) is 14.9. The second-order valence-electron chi connectivity index (χ2n) is 9.32. The molecule has 5 aromatic rings. The van der Waals surface area contributed by atoms with Crippen LogP contribution in [0.25, 0.3) is 44.6 Å². The van der Waals surface area contributed by atoms with Crippen LogP contribution in [0.2, 0.25) is 0 Å². The summed E-state index contributed by atoms with van der Waals surface area (Å²) >= 11 is 0. The molecular weight excluding hydrogens is 422 g/mol. The molecule has 0 amide bonds. The number of nitrogens with one attached hydrogen (secondary N) is 2. The first kappa shape index (κ1) is 20.7. The van der Waals surface area contributed by atoms with E-state index in [0.29, 0.717) is 0 Å². The van der Waals surface area contributed by atoms with Crippen LogP contribution in [-0.4, -0.2) is 72.4 Å². The lowest BCUT2D eigenvalue weighted by Crippen LogP contribution is -2.44. The van der Waals surface area contributed by atoms with Crippen molar-refractivity contribution in [1.29, 1.82) is 0 Å². The molecule has 0 saturated carbocycles. The Labute approximate surface area is 199 Å². The molecule has 0 unspecified atom stereocenters. The maximum atomic E-state index is 5.01. The van der Waals surface area contributed by atoms with E-state index in [2.05, 4.69) is 112 Å². The number of para-hydroxylation sites is 1. The zero-order valence-corrected chi connectivity index (χ0v) is 19.8. The summed E-state index contributed by atoms with van der Waals surface area (Å²) < 4.78 is 0. The maximum Gasteiger partial charge on any atom is 0.159 e. The van der Waals surface area contributed by atoms with Crippen molar-refractivity contribution < 1.29 is 0 Å². The van der Waals surface area contributed by atoms with Gasteiger partial charge in [-0.2, -0.15) is 5.10 Å². The molecule has 0 spiro atoms. The van der Waals surface area contributed by atoms with Crippen LogP contribution in [0.15, 0.2) is 60.7 Å². The van der Waals surface area contributed by atoms with E-state index in [1.165, 1.54) is 16.9 Å². The minimum atomic E-state index is 0.797. The number of imidazole rings is 1. The lowest BCUT2D eigenvalue weighted by molar-refractivity contribution is 0.313. The number of hydrogen-bond donors (Lipinski definition) is 2. The van der Waals surface area contributed by atoms with Gasteiger partial charge in [0.25, 0.3) is 0 Å². The van der Waals surface area contributed by atoms with Crippen molar-refractivity contribution in [3.05, 3.63) is 60.7 Å². The van der Waals surface area contributed by atoms with Gasteiger partial charge in [-0.05, 0) is 54.6 Å². The molecule has 0 aliphatic carbocycles. The van der Waals surface area contributed by atoms with E-state index in [0.717, 1.165) is 65.2 Å². The van der Waals surface area contributed by atoms with Crippen LogP contribution < -0.4 is 9.80 Å². The quantitative estimate of drug-likeness (QED) is 0.418. The molecular formula is C27H29N7. The van der Waals surface area contributed by atoms with Gasteiger partial charge < -0.3 is 19.7 Å². The molecule has 172 valence electrons. The minimum Gasteiger partial charge on any atom is -0.378 e. The number of anilines is 2. The molecule has 1 fully saturated rings. The van der Waals surface area contributed by atoms with Crippen LogP contribution in [-0.2, 0) is 0 Å². The summed E-state index contributed by atoms with van der Waals surface area (Å²) in [6.45, 7) is 4.17. The number of hydrogen-bond acceptors (Lipinski definition) is 5. The zero-order valence-electron chi connectivity index (χ0n) is 19.8. The summed E-state index contributed by atoms with van der Waals surface area (Å²) in [5.74, 6) is 0.797. The minimum absolute atomic E-state index is 0.797. The SMILES string of the molecule is CN1CCN(c2cccc3[nH]c(-c4n[nH]c5cc(-c6ccc(N(C)C)cc6)ccc45)nc23)CC1. The van der Waals surface area contributed by atoms with Crippen molar-refractivity contribution >= 4 is 33.3 Å². The topological polar surface area (TPSA) is 67.1 Å².